The Morgan fingerprint density at radius 3 is 2.89 bits per heavy atom. The van der Waals surface area contributed by atoms with E-state index in [2.05, 4.69) is 50.4 Å². The Hall–Kier alpha value is -1.20. The maximum atomic E-state index is 4.50. The molecule has 2 heterocycles. The van der Waals surface area contributed by atoms with Gasteiger partial charge < -0.3 is 5.32 Å². The molecule has 0 aliphatic rings. The Bertz CT molecular complexity index is 524. The largest absolute Gasteiger partial charge is 0.308 e. The van der Waals surface area contributed by atoms with Crippen LogP contribution in [0.25, 0.3) is 0 Å². The number of pyridine rings is 1. The second kappa shape index (κ2) is 6.82. The maximum Gasteiger partial charge on any atom is 0.0797 e. The van der Waals surface area contributed by atoms with Crippen LogP contribution in [0.5, 0.6) is 0 Å². The molecule has 0 bridgehead atoms. The lowest BCUT2D eigenvalue weighted by atomic mass is 10.0. The molecule has 0 aliphatic carbocycles. The highest BCUT2D eigenvalue weighted by Crippen LogP contribution is 2.18. The van der Waals surface area contributed by atoms with Gasteiger partial charge in [0.2, 0.25) is 0 Å². The van der Waals surface area contributed by atoms with Gasteiger partial charge in [0.25, 0.3) is 0 Å². The number of nitrogens with one attached hydrogen (secondary N) is 1. The summed E-state index contributed by atoms with van der Waals surface area (Å²) in [4.78, 5) is 4.22. The summed E-state index contributed by atoms with van der Waals surface area (Å²) in [5.74, 6) is 0. The van der Waals surface area contributed by atoms with E-state index in [1.165, 1.54) is 5.56 Å². The number of aryl methyl sites for hydroxylation is 1. The molecule has 0 amide bonds. The molecule has 0 fully saturated rings. The lowest BCUT2D eigenvalue weighted by molar-refractivity contribution is 0.510. The zero-order valence-corrected chi connectivity index (χ0v) is 12.9. The van der Waals surface area contributed by atoms with Crippen molar-refractivity contribution in [1.82, 2.24) is 20.1 Å². The maximum absolute atomic E-state index is 4.50. The lowest BCUT2D eigenvalue weighted by Crippen LogP contribution is -2.24. The van der Waals surface area contributed by atoms with Gasteiger partial charge in [-0.3, -0.25) is 9.67 Å². The van der Waals surface area contributed by atoms with Crippen molar-refractivity contribution < 1.29 is 0 Å². The van der Waals surface area contributed by atoms with Crippen LogP contribution < -0.4 is 5.32 Å². The van der Waals surface area contributed by atoms with Crippen molar-refractivity contribution in [3.05, 3.63) is 46.5 Å². The predicted octanol–water partition coefficient (Wildman–Crippen LogP) is 2.86. The number of nitrogens with zero attached hydrogens (tertiary/aromatic N) is 3. The minimum absolute atomic E-state index is 0.234. The van der Waals surface area contributed by atoms with Crippen molar-refractivity contribution >= 4 is 15.9 Å². The highest BCUT2D eigenvalue weighted by Gasteiger charge is 2.14. The van der Waals surface area contributed by atoms with Crippen LogP contribution in [-0.2, 0) is 13.5 Å². The Morgan fingerprint density at radius 1 is 1.42 bits per heavy atom. The first-order valence-corrected chi connectivity index (χ1v) is 7.30. The van der Waals surface area contributed by atoms with E-state index in [9.17, 15) is 0 Å². The van der Waals surface area contributed by atoms with Gasteiger partial charge in [-0.15, -0.1) is 0 Å². The Labute approximate surface area is 122 Å². The summed E-state index contributed by atoms with van der Waals surface area (Å²) in [5.41, 5.74) is 2.28. The summed E-state index contributed by atoms with van der Waals surface area (Å²) < 4.78 is 2.86. The summed E-state index contributed by atoms with van der Waals surface area (Å²) >= 11 is 3.46. The van der Waals surface area contributed by atoms with Crippen molar-refractivity contribution in [1.29, 1.82) is 0 Å². The van der Waals surface area contributed by atoms with E-state index < -0.39 is 0 Å². The van der Waals surface area contributed by atoms with Crippen LogP contribution in [0.3, 0.4) is 0 Å². The molecule has 0 spiro atoms. The Morgan fingerprint density at radius 2 is 2.26 bits per heavy atom. The summed E-state index contributed by atoms with van der Waals surface area (Å²) in [6.07, 6.45) is 7.70. The normalized spacial score (nSPS) is 12.6. The predicted molar refractivity (Wildman–Crippen MR) is 79.9 cm³/mol. The fraction of sp³-hybridized carbons (Fsp3) is 0.429. The van der Waals surface area contributed by atoms with E-state index in [0.29, 0.717) is 0 Å². The molecule has 0 radical (unpaired) electrons. The Kier molecular flexibility index (Phi) is 5.10. The molecule has 1 N–H and O–H groups in total. The third-order valence-electron chi connectivity index (χ3n) is 2.93. The minimum Gasteiger partial charge on any atom is -0.308 e. The van der Waals surface area contributed by atoms with Gasteiger partial charge in [0.15, 0.2) is 0 Å². The van der Waals surface area contributed by atoms with Crippen LogP contribution in [0.2, 0.25) is 0 Å². The molecule has 0 aromatic carbocycles. The molecular formula is C14H19BrN4. The van der Waals surface area contributed by atoms with Crippen molar-refractivity contribution in [3.63, 3.8) is 0 Å². The van der Waals surface area contributed by atoms with Crippen molar-refractivity contribution in [3.8, 4) is 0 Å². The highest BCUT2D eigenvalue weighted by molar-refractivity contribution is 9.10. The van der Waals surface area contributed by atoms with Crippen LogP contribution >= 0.6 is 15.9 Å². The zero-order valence-electron chi connectivity index (χ0n) is 11.3. The highest BCUT2D eigenvalue weighted by atomic mass is 79.9. The van der Waals surface area contributed by atoms with Crippen LogP contribution in [-0.4, -0.2) is 21.3 Å². The molecule has 1 unspecified atom stereocenters. The summed E-state index contributed by atoms with van der Waals surface area (Å²) in [6, 6.07) is 4.41. The van der Waals surface area contributed by atoms with Crippen molar-refractivity contribution in [2.75, 3.05) is 6.54 Å². The number of aromatic nitrogens is 3. The van der Waals surface area contributed by atoms with Gasteiger partial charge in [0.05, 0.1) is 11.7 Å². The molecule has 1 atom stereocenters. The third-order valence-corrected chi connectivity index (χ3v) is 3.37. The van der Waals surface area contributed by atoms with E-state index in [0.717, 1.165) is 29.6 Å². The van der Waals surface area contributed by atoms with Crippen LogP contribution in [0.4, 0.5) is 0 Å². The molecule has 0 saturated heterocycles. The van der Waals surface area contributed by atoms with E-state index in [1.807, 2.05) is 24.1 Å². The standard InChI is InChI=1S/C14H19BrN4/c1-3-5-17-14(13-4-6-19(2)18-13)8-11-7-12(15)10-16-9-11/h4,6-7,9-10,14,17H,3,5,8H2,1-2H3. The second-order valence-electron chi connectivity index (χ2n) is 4.64. The van der Waals surface area contributed by atoms with E-state index in [-0.39, 0.29) is 6.04 Å². The van der Waals surface area contributed by atoms with Gasteiger partial charge in [-0.1, -0.05) is 6.92 Å². The smallest absolute Gasteiger partial charge is 0.0797 e. The van der Waals surface area contributed by atoms with E-state index >= 15 is 0 Å². The average molecular weight is 323 g/mol. The van der Waals surface area contributed by atoms with Crippen LogP contribution in [0.15, 0.2) is 35.2 Å². The molecular weight excluding hydrogens is 304 g/mol. The van der Waals surface area contributed by atoms with Crippen LogP contribution in [0.1, 0.15) is 30.6 Å². The topological polar surface area (TPSA) is 42.7 Å². The molecule has 5 heteroatoms. The van der Waals surface area contributed by atoms with Gasteiger partial charge in [0.1, 0.15) is 0 Å². The number of hydrogen-bond acceptors (Lipinski definition) is 3. The summed E-state index contributed by atoms with van der Waals surface area (Å²) in [6.45, 7) is 3.16. The average Bonchev–Trinajstić information content (AvgIpc) is 2.81. The molecule has 2 aromatic heterocycles. The fourth-order valence-corrected chi connectivity index (χ4v) is 2.43. The minimum atomic E-state index is 0.234. The molecule has 0 aliphatic heterocycles. The Balaban J connectivity index is 2.13. The quantitative estimate of drug-likeness (QED) is 0.889. The van der Waals surface area contributed by atoms with E-state index in [1.54, 1.807) is 6.20 Å². The first-order valence-electron chi connectivity index (χ1n) is 6.51. The van der Waals surface area contributed by atoms with Gasteiger partial charge in [-0.2, -0.15) is 5.10 Å². The third kappa shape index (κ3) is 4.14. The molecule has 102 valence electrons. The van der Waals surface area contributed by atoms with Gasteiger partial charge >= 0.3 is 0 Å². The number of halogens is 1. The lowest BCUT2D eigenvalue weighted by Gasteiger charge is -2.16. The molecule has 2 rings (SSSR count). The molecule has 2 aromatic rings. The first kappa shape index (κ1) is 14.2. The molecule has 0 saturated carbocycles. The molecule has 4 nitrogen and oxygen atoms in total. The van der Waals surface area contributed by atoms with Crippen molar-refractivity contribution in [2.45, 2.75) is 25.8 Å². The number of rotatable bonds is 6. The summed E-state index contributed by atoms with van der Waals surface area (Å²) in [7, 11) is 1.95. The molecule has 19 heavy (non-hydrogen) atoms. The summed E-state index contributed by atoms with van der Waals surface area (Å²) in [5, 5.41) is 8.05. The fourth-order valence-electron chi connectivity index (χ4n) is 2.02. The van der Waals surface area contributed by atoms with E-state index in [4.69, 9.17) is 0 Å². The van der Waals surface area contributed by atoms with Gasteiger partial charge in [0, 0.05) is 30.1 Å². The first-order chi connectivity index (χ1) is 9.19. The zero-order chi connectivity index (χ0) is 13.7. The second-order valence-corrected chi connectivity index (χ2v) is 5.55. The SMILES string of the molecule is CCCNC(Cc1cncc(Br)c1)c1ccn(C)n1. The van der Waals surface area contributed by atoms with Gasteiger partial charge in [-0.25, -0.2) is 0 Å². The monoisotopic (exact) mass is 322 g/mol. The van der Waals surface area contributed by atoms with Gasteiger partial charge in [-0.05, 0) is 53.0 Å². The number of hydrogen-bond donors (Lipinski definition) is 1. The van der Waals surface area contributed by atoms with Crippen LogP contribution in [0, 0.1) is 0 Å². The van der Waals surface area contributed by atoms with Crippen molar-refractivity contribution in [2.24, 2.45) is 7.05 Å².